The van der Waals surface area contributed by atoms with Crippen molar-refractivity contribution in [2.24, 2.45) is 5.92 Å². The largest absolute Gasteiger partial charge is 0.507 e. The average Bonchev–Trinajstić information content (AvgIpc) is 2.75. The lowest BCUT2D eigenvalue weighted by molar-refractivity contribution is -0.141. The first kappa shape index (κ1) is 11.9. The van der Waals surface area contributed by atoms with Crippen LogP contribution < -0.4 is 5.32 Å². The summed E-state index contributed by atoms with van der Waals surface area (Å²) in [7, 11) is 0. The molecule has 2 unspecified atom stereocenters. The molecule has 1 fully saturated rings. The highest BCUT2D eigenvalue weighted by Crippen LogP contribution is 2.35. The summed E-state index contributed by atoms with van der Waals surface area (Å²) in [5.41, 5.74) is 2.71. The van der Waals surface area contributed by atoms with E-state index in [0.717, 1.165) is 16.7 Å². The Hall–Kier alpha value is -1.55. The maximum atomic E-state index is 10.9. The summed E-state index contributed by atoms with van der Waals surface area (Å²) >= 11 is 0. The third-order valence-corrected chi connectivity index (χ3v) is 3.59. The van der Waals surface area contributed by atoms with Crippen molar-refractivity contribution >= 4 is 5.97 Å². The van der Waals surface area contributed by atoms with Crippen LogP contribution in [0.3, 0.4) is 0 Å². The Bertz CT molecular complexity index is 456. The first-order valence-corrected chi connectivity index (χ1v) is 5.76. The van der Waals surface area contributed by atoms with Crippen LogP contribution in [0, 0.1) is 19.8 Å². The Balaban J connectivity index is 2.25. The highest BCUT2D eigenvalue weighted by atomic mass is 16.4. The fourth-order valence-electron chi connectivity index (χ4n) is 2.26. The van der Waals surface area contributed by atoms with E-state index in [2.05, 4.69) is 5.32 Å². The summed E-state index contributed by atoms with van der Waals surface area (Å²) < 4.78 is 0. The molecule has 0 aliphatic carbocycles. The van der Waals surface area contributed by atoms with Crippen molar-refractivity contribution in [2.75, 3.05) is 6.54 Å². The lowest BCUT2D eigenvalue weighted by atomic mass is 9.96. The standard InChI is InChI=1S/C13H17NO3/c1-7-3-4-10(12(15)8(7)2)11-5-9(6-14-11)13(16)17/h3-4,9,11,14-15H,5-6H2,1-2H3,(H,16,17). The second-order valence-electron chi connectivity index (χ2n) is 4.68. The molecule has 1 aromatic carbocycles. The van der Waals surface area contributed by atoms with Crippen LogP contribution in [0.25, 0.3) is 0 Å². The van der Waals surface area contributed by atoms with E-state index in [1.54, 1.807) is 0 Å². The van der Waals surface area contributed by atoms with Gasteiger partial charge in [-0.2, -0.15) is 0 Å². The number of phenols is 1. The summed E-state index contributed by atoms with van der Waals surface area (Å²) in [5.74, 6) is -0.849. The number of phenolic OH excluding ortho intramolecular Hbond substituents is 1. The quantitative estimate of drug-likeness (QED) is 0.730. The predicted octanol–water partition coefficient (Wildman–Crippen LogP) is 1.74. The van der Waals surface area contributed by atoms with Gasteiger partial charge in [0.05, 0.1) is 5.92 Å². The molecule has 0 saturated carbocycles. The van der Waals surface area contributed by atoms with Crippen molar-refractivity contribution in [3.8, 4) is 5.75 Å². The first-order chi connectivity index (χ1) is 8.00. The maximum Gasteiger partial charge on any atom is 0.307 e. The molecule has 0 spiro atoms. The van der Waals surface area contributed by atoms with Gasteiger partial charge in [-0.25, -0.2) is 0 Å². The van der Waals surface area contributed by atoms with Gasteiger partial charge in [0, 0.05) is 18.2 Å². The van der Waals surface area contributed by atoms with Gasteiger partial charge in [-0.1, -0.05) is 12.1 Å². The minimum atomic E-state index is -0.775. The SMILES string of the molecule is Cc1ccc(C2CC(C(=O)O)CN2)c(O)c1C. The molecule has 92 valence electrons. The van der Waals surface area contributed by atoms with Crippen molar-refractivity contribution in [3.05, 3.63) is 28.8 Å². The highest BCUT2D eigenvalue weighted by molar-refractivity contribution is 5.71. The molecule has 0 aromatic heterocycles. The zero-order valence-corrected chi connectivity index (χ0v) is 10.0. The molecule has 1 aliphatic rings. The van der Waals surface area contributed by atoms with Gasteiger partial charge in [0.15, 0.2) is 0 Å². The van der Waals surface area contributed by atoms with E-state index in [0.29, 0.717) is 13.0 Å². The number of hydrogen-bond donors (Lipinski definition) is 3. The van der Waals surface area contributed by atoms with E-state index in [9.17, 15) is 9.90 Å². The second kappa shape index (κ2) is 4.37. The number of carboxylic acids is 1. The molecule has 4 nitrogen and oxygen atoms in total. The van der Waals surface area contributed by atoms with Crippen molar-refractivity contribution in [3.63, 3.8) is 0 Å². The van der Waals surface area contributed by atoms with Gasteiger partial charge >= 0.3 is 5.97 Å². The Morgan fingerprint density at radius 1 is 1.41 bits per heavy atom. The van der Waals surface area contributed by atoms with E-state index >= 15 is 0 Å². The fourth-order valence-corrected chi connectivity index (χ4v) is 2.26. The lowest BCUT2D eigenvalue weighted by Crippen LogP contribution is -2.17. The van der Waals surface area contributed by atoms with Crippen molar-refractivity contribution in [2.45, 2.75) is 26.3 Å². The van der Waals surface area contributed by atoms with Gasteiger partial charge in [0.2, 0.25) is 0 Å². The maximum absolute atomic E-state index is 10.9. The number of aromatic hydroxyl groups is 1. The molecule has 2 atom stereocenters. The van der Waals surface area contributed by atoms with Gasteiger partial charge in [0.25, 0.3) is 0 Å². The summed E-state index contributed by atoms with van der Waals surface area (Å²) in [6.07, 6.45) is 0.533. The van der Waals surface area contributed by atoms with Gasteiger partial charge in [-0.15, -0.1) is 0 Å². The molecule has 4 heteroatoms. The van der Waals surface area contributed by atoms with E-state index in [4.69, 9.17) is 5.11 Å². The van der Waals surface area contributed by atoms with E-state index in [1.165, 1.54) is 0 Å². The molecule has 2 rings (SSSR count). The molecule has 1 aromatic rings. The number of carboxylic acid groups (broad SMARTS) is 1. The number of carbonyl (C=O) groups is 1. The highest BCUT2D eigenvalue weighted by Gasteiger charge is 2.31. The van der Waals surface area contributed by atoms with Crippen molar-refractivity contribution < 1.29 is 15.0 Å². The second-order valence-corrected chi connectivity index (χ2v) is 4.68. The number of aryl methyl sites for hydroxylation is 1. The van der Waals surface area contributed by atoms with Gasteiger partial charge in [-0.3, -0.25) is 4.79 Å². The van der Waals surface area contributed by atoms with Gasteiger partial charge in [0.1, 0.15) is 5.75 Å². The van der Waals surface area contributed by atoms with Crippen LogP contribution in [0.5, 0.6) is 5.75 Å². The molecular weight excluding hydrogens is 218 g/mol. The molecule has 1 saturated heterocycles. The monoisotopic (exact) mass is 235 g/mol. The van der Waals surface area contributed by atoms with Gasteiger partial charge < -0.3 is 15.5 Å². The molecule has 0 bridgehead atoms. The van der Waals surface area contributed by atoms with E-state index in [-0.39, 0.29) is 17.7 Å². The topological polar surface area (TPSA) is 69.6 Å². The van der Waals surface area contributed by atoms with Gasteiger partial charge in [-0.05, 0) is 31.4 Å². The van der Waals surface area contributed by atoms with Crippen LogP contribution in [0.1, 0.15) is 29.2 Å². The van der Waals surface area contributed by atoms with Crippen LogP contribution in [-0.2, 0) is 4.79 Å². The number of rotatable bonds is 2. The van der Waals surface area contributed by atoms with Crippen molar-refractivity contribution in [1.29, 1.82) is 0 Å². The van der Waals surface area contributed by atoms with Crippen LogP contribution >= 0.6 is 0 Å². The Morgan fingerprint density at radius 2 is 2.12 bits per heavy atom. The number of hydrogen-bond acceptors (Lipinski definition) is 3. The van der Waals surface area contributed by atoms with E-state index < -0.39 is 5.97 Å². The summed E-state index contributed by atoms with van der Waals surface area (Å²) in [4.78, 5) is 10.9. The minimum Gasteiger partial charge on any atom is -0.507 e. The Kier molecular flexibility index (Phi) is 3.07. The summed E-state index contributed by atoms with van der Waals surface area (Å²) in [5, 5.41) is 22.2. The zero-order chi connectivity index (χ0) is 12.6. The van der Waals surface area contributed by atoms with Crippen LogP contribution in [0.2, 0.25) is 0 Å². The minimum absolute atomic E-state index is 0.0598. The molecule has 3 N–H and O–H groups in total. The summed E-state index contributed by atoms with van der Waals surface area (Å²) in [6, 6.07) is 3.77. The molecule has 1 aliphatic heterocycles. The number of nitrogens with one attached hydrogen (secondary N) is 1. The van der Waals surface area contributed by atoms with Crippen molar-refractivity contribution in [1.82, 2.24) is 5.32 Å². The Morgan fingerprint density at radius 3 is 2.71 bits per heavy atom. The van der Waals surface area contributed by atoms with E-state index in [1.807, 2.05) is 26.0 Å². The fraction of sp³-hybridized carbons (Fsp3) is 0.462. The first-order valence-electron chi connectivity index (χ1n) is 5.76. The smallest absolute Gasteiger partial charge is 0.307 e. The number of aliphatic carboxylic acids is 1. The average molecular weight is 235 g/mol. The van der Waals surface area contributed by atoms with Crippen LogP contribution in [-0.4, -0.2) is 22.7 Å². The third-order valence-electron chi connectivity index (χ3n) is 3.59. The third kappa shape index (κ3) is 2.13. The summed E-state index contributed by atoms with van der Waals surface area (Å²) in [6.45, 7) is 4.28. The molecule has 0 amide bonds. The molecule has 0 radical (unpaired) electrons. The van der Waals surface area contributed by atoms with Crippen LogP contribution in [0.15, 0.2) is 12.1 Å². The predicted molar refractivity (Wildman–Crippen MR) is 64.1 cm³/mol. The van der Waals surface area contributed by atoms with Crippen LogP contribution in [0.4, 0.5) is 0 Å². The Labute approximate surface area is 100 Å². The normalized spacial score (nSPS) is 23.9. The number of benzene rings is 1. The molecule has 17 heavy (non-hydrogen) atoms. The zero-order valence-electron chi connectivity index (χ0n) is 10.0. The lowest BCUT2D eigenvalue weighted by Gasteiger charge is -2.15. The molecule has 1 heterocycles. The molecular formula is C13H17NO3.